The molecule has 0 radical (unpaired) electrons. The first kappa shape index (κ1) is 28.1. The summed E-state index contributed by atoms with van der Waals surface area (Å²) in [6, 6.07) is 0. The molecule has 176 valence electrons. The Labute approximate surface area is 154 Å². The predicted molar refractivity (Wildman–Crippen MR) is 60.6 cm³/mol. The van der Waals surface area contributed by atoms with Crippen LogP contribution in [0.2, 0.25) is 0 Å². The minimum Gasteiger partial charge on any atom is -0.200 e. The molecular formula is C11H6ClF17. The number of alkyl halides is 18. The zero-order valence-corrected chi connectivity index (χ0v) is 13.7. The molecule has 0 aliphatic carbocycles. The van der Waals surface area contributed by atoms with Crippen molar-refractivity contribution in [2.45, 2.75) is 60.5 Å². The van der Waals surface area contributed by atoms with Crippen molar-refractivity contribution >= 4 is 11.6 Å². The van der Waals surface area contributed by atoms with Crippen LogP contribution < -0.4 is 0 Å². The maximum absolute atomic E-state index is 13.3. The van der Waals surface area contributed by atoms with Crippen LogP contribution in [0.3, 0.4) is 0 Å². The van der Waals surface area contributed by atoms with Crippen molar-refractivity contribution in [3.8, 4) is 0 Å². The fourth-order valence-electron chi connectivity index (χ4n) is 1.64. The van der Waals surface area contributed by atoms with Crippen LogP contribution in [0.1, 0.15) is 12.8 Å². The molecule has 0 atom stereocenters. The molecule has 0 aromatic heterocycles. The van der Waals surface area contributed by atoms with Crippen LogP contribution in [0.4, 0.5) is 74.6 Å². The van der Waals surface area contributed by atoms with Crippen molar-refractivity contribution in [3.05, 3.63) is 0 Å². The first-order valence-electron chi connectivity index (χ1n) is 6.58. The van der Waals surface area contributed by atoms with Gasteiger partial charge in [-0.2, -0.15) is 74.6 Å². The zero-order chi connectivity index (χ0) is 24.1. The fourth-order valence-corrected chi connectivity index (χ4v) is 1.78. The van der Waals surface area contributed by atoms with E-state index in [1.54, 1.807) is 0 Å². The average molecular weight is 497 g/mol. The highest BCUT2D eigenvalue weighted by molar-refractivity contribution is 6.17. The summed E-state index contributed by atoms with van der Waals surface area (Å²) < 4.78 is 218. The second-order valence-electron chi connectivity index (χ2n) is 5.44. The second-order valence-corrected chi connectivity index (χ2v) is 5.82. The van der Waals surface area contributed by atoms with E-state index in [0.29, 0.717) is 0 Å². The molecule has 0 spiro atoms. The van der Waals surface area contributed by atoms with E-state index in [1.165, 1.54) is 0 Å². The van der Waals surface area contributed by atoms with Gasteiger partial charge in [-0.3, -0.25) is 0 Å². The number of hydrogen-bond acceptors (Lipinski definition) is 0. The molecule has 0 saturated heterocycles. The Morgan fingerprint density at radius 1 is 0.414 bits per heavy atom. The lowest BCUT2D eigenvalue weighted by atomic mass is 9.88. The van der Waals surface area contributed by atoms with Gasteiger partial charge in [-0.1, -0.05) is 0 Å². The van der Waals surface area contributed by atoms with Gasteiger partial charge in [0.15, 0.2) is 0 Å². The highest BCUT2D eigenvalue weighted by Crippen LogP contribution is 2.64. The summed E-state index contributed by atoms with van der Waals surface area (Å²) in [6.07, 6.45) is -11.6. The van der Waals surface area contributed by atoms with Crippen LogP contribution in [-0.2, 0) is 0 Å². The summed E-state index contributed by atoms with van der Waals surface area (Å²) in [5.41, 5.74) is 0. The van der Waals surface area contributed by atoms with E-state index < -0.39 is 66.4 Å². The minimum atomic E-state index is -8.59. The van der Waals surface area contributed by atoms with Crippen LogP contribution in [0, 0.1) is 0 Å². The standard InChI is InChI=1S/C11H6ClF17/c12-3-1-2-4(13,14)5(15,16)6(17,18)7(19,20)8(21,22)9(23,24)10(25,26)11(27,28)29/h1-3H2. The van der Waals surface area contributed by atoms with Gasteiger partial charge in [0, 0.05) is 12.3 Å². The third-order valence-corrected chi connectivity index (χ3v) is 3.68. The topological polar surface area (TPSA) is 0 Å². The maximum Gasteiger partial charge on any atom is 0.460 e. The molecule has 0 aliphatic heterocycles. The Balaban J connectivity index is 6.57. The van der Waals surface area contributed by atoms with Gasteiger partial charge in [-0.25, -0.2) is 0 Å². The normalized spacial score (nSPS) is 16.3. The Hall–Kier alpha value is -0.900. The molecule has 0 aromatic rings. The highest BCUT2D eigenvalue weighted by atomic mass is 35.5. The van der Waals surface area contributed by atoms with Gasteiger partial charge in [0.25, 0.3) is 0 Å². The van der Waals surface area contributed by atoms with Crippen LogP contribution in [0.15, 0.2) is 0 Å². The van der Waals surface area contributed by atoms with Gasteiger partial charge in [0.2, 0.25) is 0 Å². The molecule has 0 unspecified atom stereocenters. The van der Waals surface area contributed by atoms with Crippen molar-refractivity contribution < 1.29 is 74.6 Å². The number of rotatable bonds is 9. The minimum absolute atomic E-state index is 0.986. The van der Waals surface area contributed by atoms with Gasteiger partial charge < -0.3 is 0 Å². The van der Waals surface area contributed by atoms with Crippen molar-refractivity contribution in [2.24, 2.45) is 0 Å². The predicted octanol–water partition coefficient (Wildman–Crippen LogP) is 7.01. The van der Waals surface area contributed by atoms with Crippen molar-refractivity contribution in [1.29, 1.82) is 0 Å². The fraction of sp³-hybridized carbons (Fsp3) is 1.00. The van der Waals surface area contributed by atoms with E-state index in [9.17, 15) is 74.6 Å². The molecule has 18 heteroatoms. The van der Waals surface area contributed by atoms with Gasteiger partial charge in [-0.05, 0) is 6.42 Å². The van der Waals surface area contributed by atoms with E-state index in [0.717, 1.165) is 0 Å². The Morgan fingerprint density at radius 3 is 0.966 bits per heavy atom. The molecule has 0 nitrogen and oxygen atoms in total. The summed E-state index contributed by atoms with van der Waals surface area (Å²) in [5, 5.41) is 0. The molecular weight excluding hydrogens is 491 g/mol. The number of halogens is 18. The average Bonchev–Trinajstić information content (AvgIpc) is 2.50. The summed E-state index contributed by atoms with van der Waals surface area (Å²) in [7, 11) is 0. The lowest BCUT2D eigenvalue weighted by Gasteiger charge is -2.42. The van der Waals surface area contributed by atoms with Crippen LogP contribution in [0.5, 0.6) is 0 Å². The summed E-state index contributed by atoms with van der Waals surface area (Å²) in [6.45, 7) is 0. The molecule has 0 heterocycles. The number of hydrogen-bond donors (Lipinski definition) is 0. The molecule has 0 bridgehead atoms. The van der Waals surface area contributed by atoms with Crippen molar-refractivity contribution in [3.63, 3.8) is 0 Å². The van der Waals surface area contributed by atoms with E-state index in [4.69, 9.17) is 11.6 Å². The monoisotopic (exact) mass is 496 g/mol. The molecule has 0 saturated carbocycles. The van der Waals surface area contributed by atoms with E-state index in [2.05, 4.69) is 0 Å². The summed E-state index contributed by atoms with van der Waals surface area (Å²) >= 11 is 4.76. The third kappa shape index (κ3) is 3.79. The first-order chi connectivity index (χ1) is 12.3. The molecule has 29 heavy (non-hydrogen) atoms. The van der Waals surface area contributed by atoms with Crippen LogP contribution in [-0.4, -0.2) is 53.5 Å². The second kappa shape index (κ2) is 7.35. The largest absolute Gasteiger partial charge is 0.460 e. The van der Waals surface area contributed by atoms with Gasteiger partial charge in [0.05, 0.1) is 0 Å². The molecule has 0 fully saturated rings. The molecule has 0 N–H and O–H groups in total. The summed E-state index contributed by atoms with van der Waals surface area (Å²) in [5.74, 6) is -56.9. The Bertz CT molecular complexity index is 574. The van der Waals surface area contributed by atoms with Crippen molar-refractivity contribution in [2.75, 3.05) is 5.88 Å². The van der Waals surface area contributed by atoms with Crippen LogP contribution in [0.25, 0.3) is 0 Å². The van der Waals surface area contributed by atoms with Crippen molar-refractivity contribution in [1.82, 2.24) is 0 Å². The van der Waals surface area contributed by atoms with E-state index in [-0.39, 0.29) is 0 Å². The first-order valence-corrected chi connectivity index (χ1v) is 7.12. The lowest BCUT2D eigenvalue weighted by Crippen LogP contribution is -2.74. The smallest absolute Gasteiger partial charge is 0.200 e. The summed E-state index contributed by atoms with van der Waals surface area (Å²) in [4.78, 5) is 0. The van der Waals surface area contributed by atoms with E-state index in [1.807, 2.05) is 0 Å². The maximum atomic E-state index is 13.3. The SMILES string of the molecule is FC(F)(F)C(F)(F)C(F)(F)C(F)(F)C(F)(F)C(F)(F)C(F)(F)C(F)(F)CCCCl. The molecule has 0 rings (SSSR count). The zero-order valence-electron chi connectivity index (χ0n) is 12.9. The molecule has 0 amide bonds. The van der Waals surface area contributed by atoms with E-state index >= 15 is 0 Å². The molecule has 0 aliphatic rings. The van der Waals surface area contributed by atoms with Gasteiger partial charge in [0.1, 0.15) is 0 Å². The van der Waals surface area contributed by atoms with Crippen LogP contribution >= 0.6 is 11.6 Å². The Kier molecular flexibility index (Phi) is 7.13. The third-order valence-electron chi connectivity index (χ3n) is 3.41. The quantitative estimate of drug-likeness (QED) is 0.238. The van der Waals surface area contributed by atoms with Gasteiger partial charge >= 0.3 is 47.6 Å². The molecule has 0 aromatic carbocycles. The highest BCUT2D eigenvalue weighted by Gasteiger charge is 2.95. The Morgan fingerprint density at radius 2 is 0.690 bits per heavy atom. The lowest BCUT2D eigenvalue weighted by molar-refractivity contribution is -0.461. The van der Waals surface area contributed by atoms with Gasteiger partial charge in [-0.15, -0.1) is 11.6 Å².